The minimum atomic E-state index is -0.0181. The van der Waals surface area contributed by atoms with Gasteiger partial charge >= 0.3 is 0 Å². The summed E-state index contributed by atoms with van der Waals surface area (Å²) in [5.74, 6) is 2.38. The van der Waals surface area contributed by atoms with Gasteiger partial charge in [-0.1, -0.05) is 5.92 Å². The second-order valence-corrected chi connectivity index (χ2v) is 3.40. The summed E-state index contributed by atoms with van der Waals surface area (Å²) in [6.07, 6.45) is 5.41. The minimum Gasteiger partial charge on any atom is -0.338 e. The van der Waals surface area contributed by atoms with Gasteiger partial charge in [-0.25, -0.2) is 0 Å². The van der Waals surface area contributed by atoms with E-state index >= 15 is 0 Å². The predicted octanol–water partition coefficient (Wildman–Crippen LogP) is 0.360. The Hall–Kier alpha value is -1.52. The summed E-state index contributed by atoms with van der Waals surface area (Å²) in [5.41, 5.74) is 0. The molecular formula is C11H17N3O. The molecule has 82 valence electrons. The molecule has 0 saturated heterocycles. The monoisotopic (exact) mass is 207 g/mol. The van der Waals surface area contributed by atoms with Gasteiger partial charge in [-0.3, -0.25) is 10.1 Å². The molecule has 0 fully saturated rings. The lowest BCUT2D eigenvalue weighted by atomic mass is 10.3. The number of carbonyl (C=O) groups excluding carboxylic acids is 1. The van der Waals surface area contributed by atoms with Gasteiger partial charge in [0.25, 0.3) is 0 Å². The molecule has 15 heavy (non-hydrogen) atoms. The van der Waals surface area contributed by atoms with Gasteiger partial charge in [0, 0.05) is 12.6 Å². The summed E-state index contributed by atoms with van der Waals surface area (Å²) in [4.78, 5) is 13.3. The van der Waals surface area contributed by atoms with E-state index in [2.05, 4.69) is 11.2 Å². The van der Waals surface area contributed by atoms with E-state index in [-0.39, 0.29) is 18.5 Å². The third-order valence-electron chi connectivity index (χ3n) is 1.91. The maximum atomic E-state index is 11.7. The first kappa shape index (κ1) is 13.5. The molecule has 0 unspecified atom stereocenters. The van der Waals surface area contributed by atoms with Gasteiger partial charge in [-0.15, -0.1) is 6.42 Å². The van der Waals surface area contributed by atoms with Crippen LogP contribution in [0, 0.1) is 23.7 Å². The molecule has 0 aromatic rings. The van der Waals surface area contributed by atoms with Crippen LogP contribution in [0.4, 0.5) is 0 Å². The Kier molecular flexibility index (Phi) is 7.05. The van der Waals surface area contributed by atoms with Gasteiger partial charge in [0.2, 0.25) is 5.91 Å². The summed E-state index contributed by atoms with van der Waals surface area (Å²) in [6, 6.07) is 2.14. The van der Waals surface area contributed by atoms with Crippen molar-refractivity contribution in [1.29, 1.82) is 5.26 Å². The molecule has 0 spiro atoms. The zero-order valence-corrected chi connectivity index (χ0v) is 9.29. The molecule has 0 bridgehead atoms. The van der Waals surface area contributed by atoms with E-state index in [1.165, 1.54) is 0 Å². The SMILES string of the molecule is C#CCNCC(=O)N(CCC#N)C(C)C. The molecule has 0 aromatic carbocycles. The number of terminal acetylenes is 1. The van der Waals surface area contributed by atoms with E-state index in [1.807, 2.05) is 19.9 Å². The summed E-state index contributed by atoms with van der Waals surface area (Å²) in [7, 11) is 0. The average molecular weight is 207 g/mol. The quantitative estimate of drug-likeness (QED) is 0.505. The van der Waals surface area contributed by atoms with Crippen LogP contribution in [0.3, 0.4) is 0 Å². The van der Waals surface area contributed by atoms with Gasteiger partial charge in [0.05, 0.1) is 25.6 Å². The summed E-state index contributed by atoms with van der Waals surface area (Å²) >= 11 is 0. The summed E-state index contributed by atoms with van der Waals surface area (Å²) in [5, 5.41) is 11.3. The van der Waals surface area contributed by atoms with Crippen molar-refractivity contribution >= 4 is 5.91 Å². The molecule has 0 aromatic heterocycles. The Balaban J connectivity index is 4.07. The third kappa shape index (κ3) is 5.72. The number of nitrogens with zero attached hydrogens (tertiary/aromatic N) is 2. The van der Waals surface area contributed by atoms with Gasteiger partial charge in [0.15, 0.2) is 0 Å². The lowest BCUT2D eigenvalue weighted by Gasteiger charge is -2.25. The van der Waals surface area contributed by atoms with E-state index in [0.29, 0.717) is 19.5 Å². The number of amides is 1. The highest BCUT2D eigenvalue weighted by Gasteiger charge is 2.15. The Morgan fingerprint density at radius 1 is 1.60 bits per heavy atom. The second kappa shape index (κ2) is 7.84. The first-order valence-electron chi connectivity index (χ1n) is 4.94. The van der Waals surface area contributed by atoms with Crippen molar-refractivity contribution in [2.75, 3.05) is 19.6 Å². The van der Waals surface area contributed by atoms with Gasteiger partial charge in [-0.05, 0) is 13.8 Å². The number of carbonyl (C=O) groups is 1. The highest BCUT2D eigenvalue weighted by Crippen LogP contribution is 1.99. The van der Waals surface area contributed by atoms with E-state index < -0.39 is 0 Å². The van der Waals surface area contributed by atoms with E-state index in [4.69, 9.17) is 11.7 Å². The molecule has 0 saturated carbocycles. The second-order valence-electron chi connectivity index (χ2n) is 3.40. The van der Waals surface area contributed by atoms with Crippen molar-refractivity contribution in [2.24, 2.45) is 0 Å². The Morgan fingerprint density at radius 3 is 2.73 bits per heavy atom. The van der Waals surface area contributed by atoms with Crippen LogP contribution in [0.25, 0.3) is 0 Å². The Labute approximate surface area is 91.3 Å². The Morgan fingerprint density at radius 2 is 2.27 bits per heavy atom. The van der Waals surface area contributed by atoms with Crippen LogP contribution in [0.15, 0.2) is 0 Å². The fraction of sp³-hybridized carbons (Fsp3) is 0.636. The molecule has 4 heteroatoms. The number of rotatable bonds is 6. The molecule has 0 atom stereocenters. The van der Waals surface area contributed by atoms with Gasteiger partial charge < -0.3 is 4.90 Å². The molecule has 0 heterocycles. The largest absolute Gasteiger partial charge is 0.338 e. The maximum Gasteiger partial charge on any atom is 0.236 e. The first-order chi connectivity index (χ1) is 7.13. The summed E-state index contributed by atoms with van der Waals surface area (Å²) in [6.45, 7) is 4.95. The third-order valence-corrected chi connectivity index (χ3v) is 1.91. The van der Waals surface area contributed by atoms with Crippen molar-refractivity contribution in [3.05, 3.63) is 0 Å². The zero-order valence-electron chi connectivity index (χ0n) is 9.29. The van der Waals surface area contributed by atoms with E-state index in [0.717, 1.165) is 0 Å². The molecule has 0 aliphatic carbocycles. The fourth-order valence-corrected chi connectivity index (χ4v) is 1.18. The molecule has 1 amide bonds. The van der Waals surface area contributed by atoms with Gasteiger partial charge in [-0.2, -0.15) is 5.26 Å². The van der Waals surface area contributed by atoms with Crippen molar-refractivity contribution in [3.8, 4) is 18.4 Å². The van der Waals surface area contributed by atoms with Gasteiger partial charge in [0.1, 0.15) is 0 Å². The first-order valence-corrected chi connectivity index (χ1v) is 4.94. The van der Waals surface area contributed by atoms with Crippen molar-refractivity contribution < 1.29 is 4.79 Å². The lowest BCUT2D eigenvalue weighted by molar-refractivity contribution is -0.131. The fourth-order valence-electron chi connectivity index (χ4n) is 1.18. The van der Waals surface area contributed by atoms with Crippen LogP contribution < -0.4 is 5.32 Å². The predicted molar refractivity (Wildman–Crippen MR) is 58.8 cm³/mol. The Bertz CT molecular complexity index is 273. The van der Waals surface area contributed by atoms with Crippen molar-refractivity contribution in [3.63, 3.8) is 0 Å². The zero-order chi connectivity index (χ0) is 11.7. The lowest BCUT2D eigenvalue weighted by Crippen LogP contribution is -2.42. The van der Waals surface area contributed by atoms with Crippen molar-refractivity contribution in [1.82, 2.24) is 10.2 Å². The van der Waals surface area contributed by atoms with E-state index in [1.54, 1.807) is 4.90 Å². The van der Waals surface area contributed by atoms with Crippen LogP contribution >= 0.6 is 0 Å². The summed E-state index contributed by atoms with van der Waals surface area (Å²) < 4.78 is 0. The molecule has 0 rings (SSSR count). The maximum absolute atomic E-state index is 11.7. The van der Waals surface area contributed by atoms with Crippen LogP contribution in [-0.4, -0.2) is 36.5 Å². The number of hydrogen-bond donors (Lipinski definition) is 1. The number of hydrogen-bond acceptors (Lipinski definition) is 3. The van der Waals surface area contributed by atoms with Crippen LogP contribution in [0.1, 0.15) is 20.3 Å². The molecular weight excluding hydrogens is 190 g/mol. The molecule has 0 aliphatic heterocycles. The number of nitrogens with one attached hydrogen (secondary N) is 1. The minimum absolute atomic E-state index is 0.0181. The van der Waals surface area contributed by atoms with Crippen molar-refractivity contribution in [2.45, 2.75) is 26.3 Å². The standard InChI is InChI=1S/C11H17N3O/c1-4-7-13-9-11(15)14(10(2)3)8-5-6-12/h1,10,13H,5,7-9H2,2-3H3. The normalized spacial score (nSPS) is 9.40. The molecule has 0 aliphatic rings. The van der Waals surface area contributed by atoms with Crippen LogP contribution in [0.2, 0.25) is 0 Å². The highest BCUT2D eigenvalue weighted by molar-refractivity contribution is 5.78. The topological polar surface area (TPSA) is 56.1 Å². The number of nitriles is 1. The molecule has 1 N–H and O–H groups in total. The van der Waals surface area contributed by atoms with E-state index in [9.17, 15) is 4.79 Å². The highest BCUT2D eigenvalue weighted by atomic mass is 16.2. The van der Waals surface area contributed by atoms with Crippen LogP contribution in [0.5, 0.6) is 0 Å². The van der Waals surface area contributed by atoms with Crippen LogP contribution in [-0.2, 0) is 4.79 Å². The smallest absolute Gasteiger partial charge is 0.236 e. The average Bonchev–Trinajstić information content (AvgIpc) is 2.18. The molecule has 4 nitrogen and oxygen atoms in total. The molecule has 0 radical (unpaired) electrons.